The molecule has 5 nitrogen and oxygen atoms in total. The number of hydrogen-bond donors (Lipinski definition) is 0. The van der Waals surface area contributed by atoms with Gasteiger partial charge >= 0.3 is 6.16 Å². The van der Waals surface area contributed by atoms with Crippen molar-refractivity contribution < 1.29 is 23.8 Å². The molecule has 4 bridgehead atoms. The highest BCUT2D eigenvalue weighted by molar-refractivity contribution is 5.60. The lowest BCUT2D eigenvalue weighted by Gasteiger charge is -2.59. The molecule has 0 amide bonds. The van der Waals surface area contributed by atoms with Gasteiger partial charge in [0.25, 0.3) is 6.47 Å². The maximum absolute atomic E-state index is 11.4. The first-order valence-electron chi connectivity index (χ1n) is 6.47. The summed E-state index contributed by atoms with van der Waals surface area (Å²) in [6.07, 6.45) is 4.74. The van der Waals surface area contributed by atoms with E-state index in [1.54, 1.807) is 0 Å². The molecule has 0 spiro atoms. The molecular formula is C13H18O5. The predicted molar refractivity (Wildman–Crippen MR) is 60.8 cm³/mol. The molecular weight excluding hydrogens is 236 g/mol. The summed E-state index contributed by atoms with van der Waals surface area (Å²) < 4.78 is 15.5. The van der Waals surface area contributed by atoms with E-state index in [0.29, 0.717) is 24.7 Å². The molecule has 0 saturated heterocycles. The van der Waals surface area contributed by atoms with Gasteiger partial charge in [-0.1, -0.05) is 0 Å². The van der Waals surface area contributed by atoms with Crippen molar-refractivity contribution in [2.75, 3.05) is 7.11 Å². The third kappa shape index (κ3) is 1.76. The maximum Gasteiger partial charge on any atom is 0.508 e. The van der Waals surface area contributed by atoms with Gasteiger partial charge in [0.1, 0.15) is 11.2 Å². The van der Waals surface area contributed by atoms with Gasteiger partial charge in [0.15, 0.2) is 0 Å². The molecule has 100 valence electrons. The number of ether oxygens (including phenoxy) is 3. The van der Waals surface area contributed by atoms with Gasteiger partial charge in [0.05, 0.1) is 7.11 Å². The highest BCUT2D eigenvalue weighted by atomic mass is 16.7. The van der Waals surface area contributed by atoms with E-state index in [-0.39, 0.29) is 0 Å². The fourth-order valence-electron chi connectivity index (χ4n) is 4.67. The molecule has 5 heteroatoms. The zero-order chi connectivity index (χ0) is 12.8. The van der Waals surface area contributed by atoms with Crippen LogP contribution in [0.15, 0.2) is 0 Å². The number of carbonyl (C=O) groups excluding carboxylic acids is 2. The minimum Gasteiger partial charge on any atom is -0.461 e. The highest BCUT2D eigenvalue weighted by Crippen LogP contribution is 2.60. The Morgan fingerprint density at radius 2 is 1.78 bits per heavy atom. The van der Waals surface area contributed by atoms with Crippen LogP contribution in [0.1, 0.15) is 38.5 Å². The molecule has 0 radical (unpaired) electrons. The Morgan fingerprint density at radius 1 is 1.17 bits per heavy atom. The van der Waals surface area contributed by atoms with Gasteiger partial charge in [-0.15, -0.1) is 0 Å². The molecule has 4 rings (SSSR count). The Morgan fingerprint density at radius 3 is 2.33 bits per heavy atom. The average Bonchev–Trinajstić information content (AvgIpc) is 2.26. The van der Waals surface area contributed by atoms with Gasteiger partial charge in [-0.3, -0.25) is 4.79 Å². The lowest BCUT2D eigenvalue weighted by Crippen LogP contribution is -2.61. The standard InChI is InChI=1S/C13H18O5/c1-16-11(15)18-13-5-9-2-10(6-13)4-12(3-9,7-13)17-8-14/h8-10H,2-7H2,1H3/t9-,10?,12?,13?/m0/s1. The molecule has 0 aromatic heterocycles. The Bertz CT molecular complexity index is 364. The summed E-state index contributed by atoms with van der Waals surface area (Å²) in [5.74, 6) is 0.992. The monoisotopic (exact) mass is 254 g/mol. The topological polar surface area (TPSA) is 61.8 Å². The van der Waals surface area contributed by atoms with E-state index in [0.717, 1.165) is 32.1 Å². The van der Waals surface area contributed by atoms with Crippen molar-refractivity contribution in [3.8, 4) is 0 Å². The van der Waals surface area contributed by atoms with Gasteiger partial charge in [-0.25, -0.2) is 4.79 Å². The summed E-state index contributed by atoms with van der Waals surface area (Å²) >= 11 is 0. The van der Waals surface area contributed by atoms with Crippen LogP contribution in [0.2, 0.25) is 0 Å². The van der Waals surface area contributed by atoms with Gasteiger partial charge < -0.3 is 14.2 Å². The van der Waals surface area contributed by atoms with Crippen molar-refractivity contribution >= 4 is 12.6 Å². The Labute approximate surface area is 106 Å². The van der Waals surface area contributed by atoms with Crippen LogP contribution in [0.3, 0.4) is 0 Å². The SMILES string of the molecule is COC(=O)OC12CC3C[C@@H](CC(OC=O)(C3)C1)C2. The van der Waals surface area contributed by atoms with E-state index in [4.69, 9.17) is 9.47 Å². The fraction of sp³-hybridized carbons (Fsp3) is 0.846. The van der Waals surface area contributed by atoms with Crippen molar-refractivity contribution in [3.63, 3.8) is 0 Å². The molecule has 0 aromatic rings. The smallest absolute Gasteiger partial charge is 0.461 e. The fourth-order valence-corrected chi connectivity index (χ4v) is 4.67. The van der Waals surface area contributed by atoms with Crippen LogP contribution in [0.5, 0.6) is 0 Å². The Hall–Kier alpha value is -1.26. The first-order valence-corrected chi connectivity index (χ1v) is 6.47. The lowest BCUT2D eigenvalue weighted by atomic mass is 9.52. The maximum atomic E-state index is 11.4. The molecule has 0 N–H and O–H groups in total. The summed E-state index contributed by atoms with van der Waals surface area (Å²) in [5.41, 5.74) is -0.875. The molecule has 4 fully saturated rings. The van der Waals surface area contributed by atoms with E-state index in [1.807, 2.05) is 0 Å². The second kappa shape index (κ2) is 3.87. The predicted octanol–water partition coefficient (Wildman–Crippen LogP) is 2.03. The molecule has 18 heavy (non-hydrogen) atoms. The quantitative estimate of drug-likeness (QED) is 0.569. The van der Waals surface area contributed by atoms with Crippen molar-refractivity contribution in [1.82, 2.24) is 0 Å². The van der Waals surface area contributed by atoms with E-state index < -0.39 is 17.4 Å². The minimum absolute atomic E-state index is 0.403. The van der Waals surface area contributed by atoms with E-state index in [9.17, 15) is 9.59 Å². The van der Waals surface area contributed by atoms with Crippen molar-refractivity contribution in [2.45, 2.75) is 49.7 Å². The summed E-state index contributed by atoms with van der Waals surface area (Å²) in [6.45, 7) is 0.541. The molecule has 0 heterocycles. The second-order valence-corrected chi connectivity index (χ2v) is 6.10. The van der Waals surface area contributed by atoms with Gasteiger partial charge in [0, 0.05) is 6.42 Å². The highest BCUT2D eigenvalue weighted by Gasteiger charge is 2.61. The van der Waals surface area contributed by atoms with E-state index >= 15 is 0 Å². The first-order chi connectivity index (χ1) is 8.59. The van der Waals surface area contributed by atoms with Crippen LogP contribution in [-0.2, 0) is 19.0 Å². The molecule has 4 atom stereocenters. The number of carbonyl (C=O) groups is 2. The zero-order valence-corrected chi connectivity index (χ0v) is 10.5. The molecule has 0 aliphatic heterocycles. The Kier molecular flexibility index (Phi) is 2.54. The van der Waals surface area contributed by atoms with Gasteiger partial charge in [-0.2, -0.15) is 0 Å². The third-order valence-corrected chi connectivity index (χ3v) is 4.72. The molecule has 4 saturated carbocycles. The van der Waals surface area contributed by atoms with E-state index in [2.05, 4.69) is 4.74 Å². The van der Waals surface area contributed by atoms with Crippen molar-refractivity contribution in [1.29, 1.82) is 0 Å². The molecule has 0 aromatic carbocycles. The number of methoxy groups -OCH3 is 1. The van der Waals surface area contributed by atoms with Crippen LogP contribution in [0.25, 0.3) is 0 Å². The van der Waals surface area contributed by atoms with Gasteiger partial charge in [-0.05, 0) is 43.9 Å². The van der Waals surface area contributed by atoms with Crippen LogP contribution in [0.4, 0.5) is 4.79 Å². The molecule has 4 aliphatic rings. The van der Waals surface area contributed by atoms with Crippen LogP contribution in [-0.4, -0.2) is 30.9 Å². The summed E-state index contributed by atoms with van der Waals surface area (Å²) in [6, 6.07) is 0. The third-order valence-electron chi connectivity index (χ3n) is 4.72. The average molecular weight is 254 g/mol. The van der Waals surface area contributed by atoms with Crippen LogP contribution < -0.4 is 0 Å². The Balaban J connectivity index is 1.84. The second-order valence-electron chi connectivity index (χ2n) is 6.10. The lowest BCUT2D eigenvalue weighted by molar-refractivity contribution is -0.215. The van der Waals surface area contributed by atoms with E-state index in [1.165, 1.54) is 7.11 Å². The summed E-state index contributed by atoms with van der Waals surface area (Å²) in [5, 5.41) is 0. The molecule has 3 unspecified atom stereocenters. The van der Waals surface area contributed by atoms with Crippen LogP contribution >= 0.6 is 0 Å². The largest absolute Gasteiger partial charge is 0.508 e. The molecule has 4 aliphatic carbocycles. The van der Waals surface area contributed by atoms with Crippen molar-refractivity contribution in [3.05, 3.63) is 0 Å². The minimum atomic E-state index is -0.627. The zero-order valence-electron chi connectivity index (χ0n) is 10.5. The van der Waals surface area contributed by atoms with Crippen LogP contribution in [0, 0.1) is 11.8 Å². The normalized spacial score (nSPS) is 44.5. The van der Waals surface area contributed by atoms with Gasteiger partial charge in [0.2, 0.25) is 0 Å². The number of rotatable bonds is 3. The number of hydrogen-bond acceptors (Lipinski definition) is 5. The van der Waals surface area contributed by atoms with Crippen molar-refractivity contribution in [2.24, 2.45) is 11.8 Å². The summed E-state index contributed by atoms with van der Waals surface area (Å²) in [7, 11) is 1.32. The summed E-state index contributed by atoms with van der Waals surface area (Å²) in [4.78, 5) is 22.1. The first kappa shape index (κ1) is 11.8.